The topological polar surface area (TPSA) is 163 Å². The molecular weight excluding hydrogens is 194 g/mol. The second-order valence-corrected chi connectivity index (χ2v) is 0.401. The average molecular weight is 199 g/mol. The molecule has 0 aliphatic rings. The first-order valence-corrected chi connectivity index (χ1v) is 1.33. The molecule has 0 spiro atoms. The second kappa shape index (κ2) is 34.8. The van der Waals surface area contributed by atoms with Gasteiger partial charge in [-0.25, -0.2) is 0 Å². The molecule has 0 amide bonds. The standard InChI is InChI=1S/Ca.HNO3.2HNO2.2H/c;2-1(3)4;2*2-1-3;;/h;(H,2,3,4);2*(H,2,3);;/q+2;;;;2*-1. The van der Waals surface area contributed by atoms with Crippen LogP contribution in [0.25, 0.3) is 0 Å². The Hall–Kier alpha value is -0.740. The van der Waals surface area contributed by atoms with Crippen LogP contribution in [0.3, 0.4) is 0 Å². The van der Waals surface area contributed by atoms with Crippen molar-refractivity contribution in [3.63, 3.8) is 0 Å². The van der Waals surface area contributed by atoms with Crippen LogP contribution < -0.4 is 0 Å². The Balaban J connectivity index is -0.0000000128. The molecule has 0 bridgehead atoms. The van der Waals surface area contributed by atoms with Crippen LogP contribution >= 0.6 is 0 Å². The summed E-state index contributed by atoms with van der Waals surface area (Å²) in [5.41, 5.74) is 0. The van der Waals surface area contributed by atoms with Gasteiger partial charge in [0.1, 0.15) is 0 Å². The van der Waals surface area contributed by atoms with Gasteiger partial charge in [-0.15, -0.1) is 19.9 Å². The van der Waals surface area contributed by atoms with Crippen LogP contribution in [0, 0.1) is 19.9 Å². The quantitative estimate of drug-likeness (QED) is 0.210. The van der Waals surface area contributed by atoms with Gasteiger partial charge in [0.25, 0.3) is 5.09 Å². The van der Waals surface area contributed by atoms with Crippen LogP contribution in [0.4, 0.5) is 0 Å². The molecule has 3 N–H and O–H groups in total. The minimum Gasteiger partial charge on any atom is -1.00 e. The van der Waals surface area contributed by atoms with Crippen molar-refractivity contribution < 1.29 is 23.6 Å². The van der Waals surface area contributed by atoms with E-state index < -0.39 is 5.09 Å². The van der Waals surface area contributed by atoms with E-state index in [0.29, 0.717) is 0 Å². The van der Waals surface area contributed by atoms with Gasteiger partial charge in [-0.05, 0) is 0 Å². The van der Waals surface area contributed by atoms with Crippen molar-refractivity contribution in [2.75, 3.05) is 0 Å². The van der Waals surface area contributed by atoms with Crippen molar-refractivity contribution in [2.45, 2.75) is 0 Å². The molecule has 0 atom stereocenters. The Morgan fingerprint density at radius 1 is 1.27 bits per heavy atom. The number of hydrogen-bond donors (Lipinski definition) is 3. The van der Waals surface area contributed by atoms with Gasteiger partial charge in [0.15, 0.2) is 10.7 Å². The fourth-order valence-corrected chi connectivity index (χ4v) is 0. The number of hydrogen-bond acceptors (Lipinski definition) is 6. The van der Waals surface area contributed by atoms with E-state index in [1.54, 1.807) is 0 Å². The third kappa shape index (κ3) is 891. The van der Waals surface area contributed by atoms with E-state index in [0.717, 1.165) is 0 Å². The maximum absolute atomic E-state index is 8.36. The summed E-state index contributed by atoms with van der Waals surface area (Å²) in [5, 5.41) is 29.4. The first-order valence-electron chi connectivity index (χ1n) is 1.33. The molecular formula is H5CaN3O7. The zero-order valence-corrected chi connectivity index (χ0v) is 7.23. The molecule has 64 valence electrons. The first kappa shape index (κ1) is 22.5. The van der Waals surface area contributed by atoms with Crippen molar-refractivity contribution in [3.8, 4) is 0 Å². The van der Waals surface area contributed by atoms with Gasteiger partial charge in [-0.1, -0.05) is 0 Å². The van der Waals surface area contributed by atoms with Crippen molar-refractivity contribution in [1.29, 1.82) is 0 Å². The van der Waals surface area contributed by atoms with Gasteiger partial charge in [-0.3, -0.25) is 0 Å². The minimum absolute atomic E-state index is 0. The maximum Gasteiger partial charge on any atom is 2.00 e. The molecule has 0 aromatic heterocycles. The van der Waals surface area contributed by atoms with Gasteiger partial charge in [0.2, 0.25) is 0 Å². The summed E-state index contributed by atoms with van der Waals surface area (Å²) in [4.78, 5) is 24.6. The Kier molecular flexibility index (Phi) is 71.1. The van der Waals surface area contributed by atoms with Gasteiger partial charge >= 0.3 is 37.7 Å². The fraction of sp³-hybridized carbons (Fsp3) is 0. The molecule has 0 aliphatic carbocycles. The molecule has 0 fully saturated rings. The molecule has 0 saturated heterocycles. The van der Waals surface area contributed by atoms with Gasteiger partial charge in [-0.2, -0.15) is 0 Å². The van der Waals surface area contributed by atoms with Crippen LogP contribution in [-0.2, 0) is 0 Å². The fourth-order valence-electron chi connectivity index (χ4n) is 0. The average Bonchev–Trinajstić information content (AvgIpc) is 1.65. The molecule has 0 radical (unpaired) electrons. The molecule has 0 saturated carbocycles. The Morgan fingerprint density at radius 3 is 1.27 bits per heavy atom. The predicted molar refractivity (Wildman–Crippen MR) is 31.9 cm³/mol. The van der Waals surface area contributed by atoms with Crippen LogP contribution in [-0.4, -0.2) is 58.4 Å². The maximum atomic E-state index is 8.36. The van der Waals surface area contributed by atoms with Crippen molar-refractivity contribution in [2.24, 2.45) is 10.7 Å². The monoisotopic (exact) mass is 199 g/mol. The Morgan fingerprint density at radius 2 is 1.27 bits per heavy atom. The molecule has 0 aliphatic heterocycles. The van der Waals surface area contributed by atoms with Crippen LogP contribution in [0.5, 0.6) is 0 Å². The van der Waals surface area contributed by atoms with Crippen LogP contribution in [0.15, 0.2) is 10.7 Å². The van der Waals surface area contributed by atoms with Crippen LogP contribution in [0.2, 0.25) is 0 Å². The SMILES string of the molecule is O=NO.O=NO.O=[N+]([O-])O.[Ca+2].[H-].[H-]. The Labute approximate surface area is 91.8 Å². The zero-order valence-electron chi connectivity index (χ0n) is 7.02. The molecule has 0 heterocycles. The molecule has 10 nitrogen and oxygen atoms in total. The van der Waals surface area contributed by atoms with Crippen molar-refractivity contribution >= 4 is 37.7 Å². The first-order chi connectivity index (χ1) is 4.56. The van der Waals surface area contributed by atoms with Crippen molar-refractivity contribution in [1.82, 2.24) is 0 Å². The summed E-state index contributed by atoms with van der Waals surface area (Å²) in [6, 6.07) is 0. The Bertz CT molecular complexity index is 89.7. The van der Waals surface area contributed by atoms with E-state index in [1.165, 1.54) is 10.7 Å². The van der Waals surface area contributed by atoms with E-state index in [-0.39, 0.29) is 40.6 Å². The van der Waals surface area contributed by atoms with Gasteiger partial charge < -0.3 is 18.5 Å². The third-order valence-corrected chi connectivity index (χ3v) is 0. The zero-order chi connectivity index (χ0) is 8.99. The summed E-state index contributed by atoms with van der Waals surface area (Å²) >= 11 is 0. The van der Waals surface area contributed by atoms with Crippen LogP contribution in [0.1, 0.15) is 2.85 Å². The van der Waals surface area contributed by atoms with Gasteiger partial charge in [0, 0.05) is 0 Å². The molecule has 11 heteroatoms. The van der Waals surface area contributed by atoms with Crippen molar-refractivity contribution in [3.05, 3.63) is 19.9 Å². The van der Waals surface area contributed by atoms with E-state index in [2.05, 4.69) is 0 Å². The summed E-state index contributed by atoms with van der Waals surface area (Å²) in [6.45, 7) is 0. The number of nitrogens with zero attached hydrogens (tertiary/aromatic N) is 3. The summed E-state index contributed by atoms with van der Waals surface area (Å²) < 4.78 is 0. The molecule has 0 aromatic rings. The summed E-state index contributed by atoms with van der Waals surface area (Å²) in [7, 11) is 0. The normalized spacial score (nSPS) is 4.36. The smallest absolute Gasteiger partial charge is 1.00 e. The molecule has 0 aromatic carbocycles. The molecule has 11 heavy (non-hydrogen) atoms. The minimum atomic E-state index is -1.50. The predicted octanol–water partition coefficient (Wildman–Crippen LogP) is -0.219. The van der Waals surface area contributed by atoms with Gasteiger partial charge in [0.05, 0.1) is 0 Å². The second-order valence-electron chi connectivity index (χ2n) is 0.401. The van der Waals surface area contributed by atoms with E-state index in [9.17, 15) is 0 Å². The largest absolute Gasteiger partial charge is 2.00 e. The molecule has 0 rings (SSSR count). The van der Waals surface area contributed by atoms with E-state index >= 15 is 0 Å². The third-order valence-electron chi connectivity index (χ3n) is 0. The van der Waals surface area contributed by atoms with E-state index in [1.807, 2.05) is 0 Å². The summed E-state index contributed by atoms with van der Waals surface area (Å²) in [5.74, 6) is 0. The van der Waals surface area contributed by atoms with E-state index in [4.69, 9.17) is 35.6 Å². The molecule has 0 unspecified atom stereocenters. The summed E-state index contributed by atoms with van der Waals surface area (Å²) in [6.07, 6.45) is 0. The number of rotatable bonds is 0.